The summed E-state index contributed by atoms with van der Waals surface area (Å²) in [7, 11) is 1.81. The van der Waals surface area contributed by atoms with Crippen molar-refractivity contribution < 1.29 is 23.4 Å². The highest BCUT2D eigenvalue weighted by Crippen LogP contribution is 2.53. The van der Waals surface area contributed by atoms with Crippen LogP contribution in [0.2, 0.25) is 5.02 Å². The Hall–Kier alpha value is -3.34. The van der Waals surface area contributed by atoms with Crippen molar-refractivity contribution in [2.24, 2.45) is 0 Å². The number of carbonyl (C=O) groups is 1. The Morgan fingerprint density at radius 3 is 2.60 bits per heavy atom. The third-order valence-electron chi connectivity index (χ3n) is 6.22. The molecule has 186 valence electrons. The molecule has 2 aromatic rings. The molecule has 2 aliphatic heterocycles. The van der Waals surface area contributed by atoms with Gasteiger partial charge in [0.2, 0.25) is 0 Å². The molecule has 0 saturated carbocycles. The van der Waals surface area contributed by atoms with Gasteiger partial charge in [0.1, 0.15) is 5.82 Å². The van der Waals surface area contributed by atoms with Crippen molar-refractivity contribution in [2.45, 2.75) is 19.6 Å². The van der Waals surface area contributed by atoms with Gasteiger partial charge in [0.25, 0.3) is 0 Å². The molecule has 0 unspecified atom stereocenters. The maximum atomic E-state index is 15.6. The normalized spacial score (nSPS) is 15.6. The second-order valence-electron chi connectivity index (χ2n) is 8.28. The molecule has 1 saturated heterocycles. The number of likely N-dealkylation sites (N-methyl/N-ethyl adjacent to an activating group) is 1. The van der Waals surface area contributed by atoms with E-state index < -0.39 is 24.2 Å². The summed E-state index contributed by atoms with van der Waals surface area (Å²) in [6, 6.07) is 2.54. The molecule has 0 aliphatic carbocycles. The minimum absolute atomic E-state index is 0.000232. The quantitative estimate of drug-likeness (QED) is 0.349. The van der Waals surface area contributed by atoms with E-state index in [1.807, 2.05) is 7.05 Å². The van der Waals surface area contributed by atoms with Crippen LogP contribution in [-0.4, -0.2) is 43.9 Å². The highest BCUT2D eigenvalue weighted by Gasteiger charge is 2.38. The van der Waals surface area contributed by atoms with E-state index in [4.69, 9.17) is 27.8 Å². The van der Waals surface area contributed by atoms with Crippen LogP contribution >= 0.6 is 11.6 Å². The molecular formula is C24H26ClF2N5O3. The first-order chi connectivity index (χ1) is 16.6. The summed E-state index contributed by atoms with van der Waals surface area (Å²) >= 11 is 6.81. The fraction of sp³-hybridized carbons (Fsp3) is 0.292. The summed E-state index contributed by atoms with van der Waals surface area (Å²) in [6.45, 7) is 6.15. The molecular weight excluding hydrogens is 480 g/mol. The standard InChI is InChI=1S/C24H26ClF2N5O3/c1-4-35-24(34)14-9-32(17-6-16(28)15(26)5-12(17)10-33)22-18(11(14)2)21(29)20(27)23(19(22)25)31-7-13(8-31)30-3/h5-6,9,13,30,33H,2,4,7-8,10,28-29H2,1,3H3. The van der Waals surface area contributed by atoms with Crippen molar-refractivity contribution in [3.63, 3.8) is 0 Å². The van der Waals surface area contributed by atoms with Crippen molar-refractivity contribution in [2.75, 3.05) is 48.0 Å². The first-order valence-corrected chi connectivity index (χ1v) is 11.3. The summed E-state index contributed by atoms with van der Waals surface area (Å²) in [6.07, 6.45) is 1.40. The van der Waals surface area contributed by atoms with Gasteiger partial charge < -0.3 is 36.4 Å². The molecule has 6 N–H and O–H groups in total. The van der Waals surface area contributed by atoms with Gasteiger partial charge in [0.15, 0.2) is 5.82 Å². The van der Waals surface area contributed by atoms with Crippen LogP contribution in [0.25, 0.3) is 5.57 Å². The minimum Gasteiger partial charge on any atom is -0.462 e. The van der Waals surface area contributed by atoms with E-state index in [1.165, 1.54) is 17.2 Å². The number of aliphatic hydroxyl groups excluding tert-OH is 1. The zero-order valence-corrected chi connectivity index (χ0v) is 20.0. The molecule has 0 bridgehead atoms. The lowest BCUT2D eigenvalue weighted by Crippen LogP contribution is -2.57. The number of nitrogens with zero attached hydrogens (tertiary/aromatic N) is 2. The molecule has 4 rings (SSSR count). The number of benzene rings is 2. The third-order valence-corrected chi connectivity index (χ3v) is 6.58. The van der Waals surface area contributed by atoms with Gasteiger partial charge in [-0.1, -0.05) is 18.2 Å². The van der Waals surface area contributed by atoms with Crippen LogP contribution in [0, 0.1) is 11.6 Å². The van der Waals surface area contributed by atoms with Crippen LogP contribution in [0.3, 0.4) is 0 Å². The van der Waals surface area contributed by atoms with Crippen LogP contribution < -0.4 is 26.6 Å². The fourth-order valence-electron chi connectivity index (χ4n) is 4.29. The zero-order valence-electron chi connectivity index (χ0n) is 19.3. The van der Waals surface area contributed by atoms with Crippen LogP contribution in [0.4, 0.5) is 37.2 Å². The van der Waals surface area contributed by atoms with Crippen molar-refractivity contribution >= 4 is 51.6 Å². The van der Waals surface area contributed by atoms with Crippen LogP contribution in [0.1, 0.15) is 18.1 Å². The van der Waals surface area contributed by atoms with Crippen molar-refractivity contribution in [3.8, 4) is 0 Å². The van der Waals surface area contributed by atoms with Crippen LogP contribution in [0.15, 0.2) is 30.5 Å². The summed E-state index contributed by atoms with van der Waals surface area (Å²) in [5.41, 5.74) is 12.6. The third kappa shape index (κ3) is 3.97. The fourth-order valence-corrected chi connectivity index (χ4v) is 4.68. The van der Waals surface area contributed by atoms with E-state index in [-0.39, 0.29) is 68.4 Å². The van der Waals surface area contributed by atoms with E-state index in [0.717, 1.165) is 6.07 Å². The van der Waals surface area contributed by atoms with E-state index in [9.17, 15) is 14.3 Å². The topological polar surface area (TPSA) is 117 Å². The largest absolute Gasteiger partial charge is 0.462 e. The van der Waals surface area contributed by atoms with E-state index >= 15 is 4.39 Å². The van der Waals surface area contributed by atoms with Crippen molar-refractivity contribution in [1.82, 2.24) is 5.32 Å². The monoisotopic (exact) mass is 505 g/mol. The predicted octanol–water partition coefficient (Wildman–Crippen LogP) is 3.29. The number of nitrogen functional groups attached to an aromatic ring is 2. The molecule has 2 aromatic carbocycles. The van der Waals surface area contributed by atoms with Gasteiger partial charge in [-0.2, -0.15) is 0 Å². The number of halogens is 3. The molecule has 0 radical (unpaired) electrons. The lowest BCUT2D eigenvalue weighted by atomic mass is 9.90. The van der Waals surface area contributed by atoms with Gasteiger partial charge in [-0.15, -0.1) is 0 Å². The average molecular weight is 506 g/mol. The van der Waals surface area contributed by atoms with E-state index in [2.05, 4.69) is 11.9 Å². The summed E-state index contributed by atoms with van der Waals surface area (Å²) in [4.78, 5) is 15.9. The van der Waals surface area contributed by atoms with Gasteiger partial charge in [-0.25, -0.2) is 13.6 Å². The molecule has 0 spiro atoms. The van der Waals surface area contributed by atoms with E-state index in [0.29, 0.717) is 13.1 Å². The Morgan fingerprint density at radius 1 is 1.31 bits per heavy atom. The molecule has 2 heterocycles. The molecule has 11 heteroatoms. The number of hydrogen-bond donors (Lipinski definition) is 4. The van der Waals surface area contributed by atoms with E-state index in [1.54, 1.807) is 11.8 Å². The van der Waals surface area contributed by atoms with Crippen LogP contribution in [-0.2, 0) is 16.1 Å². The lowest BCUT2D eigenvalue weighted by Gasteiger charge is -2.43. The average Bonchev–Trinajstić information content (AvgIpc) is 2.80. The number of fused-ring (bicyclic) bond motifs is 1. The molecule has 8 nitrogen and oxygen atoms in total. The highest BCUT2D eigenvalue weighted by molar-refractivity contribution is 6.37. The first kappa shape index (κ1) is 24.8. The SMILES string of the molecule is C=C1C(C(=O)OCC)=CN(c2cc(N)c(F)cc2CO)c2c(Cl)c(N3CC(NC)C3)c(F)c(N)c21. The van der Waals surface area contributed by atoms with Crippen LogP contribution in [0.5, 0.6) is 0 Å². The molecule has 0 amide bonds. The number of carbonyl (C=O) groups excluding carboxylic acids is 1. The number of nitrogens with two attached hydrogens (primary N) is 2. The summed E-state index contributed by atoms with van der Waals surface area (Å²) in [5, 5.41) is 13.1. The number of aliphatic hydroxyl groups is 1. The lowest BCUT2D eigenvalue weighted by molar-refractivity contribution is -0.138. The molecule has 0 aromatic heterocycles. The van der Waals surface area contributed by atoms with Crippen molar-refractivity contribution in [1.29, 1.82) is 0 Å². The zero-order chi connectivity index (χ0) is 25.6. The van der Waals surface area contributed by atoms with Crippen molar-refractivity contribution in [3.05, 3.63) is 58.3 Å². The van der Waals surface area contributed by atoms with Gasteiger partial charge >= 0.3 is 5.97 Å². The Bertz CT molecular complexity index is 1260. The number of esters is 1. The second kappa shape index (κ2) is 9.37. The van der Waals surface area contributed by atoms with Gasteiger partial charge in [0, 0.05) is 36.5 Å². The molecule has 1 fully saturated rings. The molecule has 2 aliphatic rings. The highest BCUT2D eigenvalue weighted by atomic mass is 35.5. The smallest absolute Gasteiger partial charge is 0.340 e. The minimum atomic E-state index is -0.740. The van der Waals surface area contributed by atoms with Gasteiger partial charge in [0.05, 0.1) is 52.2 Å². The Kier molecular flexibility index (Phi) is 6.63. The Balaban J connectivity index is 2.01. The Morgan fingerprint density at radius 2 is 2.00 bits per heavy atom. The maximum absolute atomic E-state index is 15.6. The number of hydrogen-bond acceptors (Lipinski definition) is 8. The molecule has 0 atom stereocenters. The predicted molar refractivity (Wildman–Crippen MR) is 134 cm³/mol. The summed E-state index contributed by atoms with van der Waals surface area (Å²) < 4.78 is 35.0. The number of nitrogens with one attached hydrogen (secondary N) is 1. The number of ether oxygens (including phenoxy) is 1. The number of anilines is 5. The second-order valence-corrected chi connectivity index (χ2v) is 8.65. The maximum Gasteiger partial charge on any atom is 0.340 e. The Labute approximate surface area is 206 Å². The number of rotatable bonds is 6. The van der Waals surface area contributed by atoms with Gasteiger partial charge in [-0.3, -0.25) is 0 Å². The van der Waals surface area contributed by atoms with Gasteiger partial charge in [-0.05, 0) is 31.7 Å². The first-order valence-electron chi connectivity index (χ1n) is 10.9. The summed E-state index contributed by atoms with van der Waals surface area (Å²) in [5.74, 6) is -2.18. The molecule has 35 heavy (non-hydrogen) atoms.